The van der Waals surface area contributed by atoms with Crippen molar-refractivity contribution in [3.05, 3.63) is 18.3 Å². The Balaban J connectivity index is 2.36. The second-order valence-corrected chi connectivity index (χ2v) is 4.87. The summed E-state index contributed by atoms with van der Waals surface area (Å²) in [4.78, 5) is 4.00. The van der Waals surface area contributed by atoms with E-state index in [1.165, 1.54) is 0 Å². The third-order valence-corrected chi connectivity index (χ3v) is 2.35. The first-order valence-corrected chi connectivity index (χ1v) is 6.27. The van der Waals surface area contributed by atoms with Crippen LogP contribution >= 0.6 is 0 Å². The van der Waals surface area contributed by atoms with Gasteiger partial charge >= 0.3 is 0 Å². The van der Waals surface area contributed by atoms with Crippen LogP contribution in [0.5, 0.6) is 0 Å². The fraction of sp³-hybridized carbons (Fsp3) is 0.375. The fourth-order valence-electron chi connectivity index (χ4n) is 0.983. The molecule has 0 aromatic carbocycles. The normalized spacial score (nSPS) is 11.3. The highest BCUT2D eigenvalue weighted by atomic mass is 32.2. The maximum Gasteiger partial charge on any atom is 0.208 e. The monoisotopic (exact) mass is 230 g/mol. The van der Waals surface area contributed by atoms with E-state index in [-0.39, 0.29) is 0 Å². The molecule has 1 aromatic heterocycles. The van der Waals surface area contributed by atoms with Crippen LogP contribution in [0, 0.1) is 0 Å². The van der Waals surface area contributed by atoms with E-state index in [1.807, 2.05) is 0 Å². The van der Waals surface area contributed by atoms with E-state index < -0.39 is 10.0 Å². The lowest BCUT2D eigenvalue weighted by atomic mass is 10.4. The maximum atomic E-state index is 10.7. The smallest absolute Gasteiger partial charge is 0.208 e. The number of nitrogens with two attached hydrogens (primary N) is 1. The Bertz CT molecular complexity index is 418. The topological polar surface area (TPSA) is 97.1 Å². The minimum Gasteiger partial charge on any atom is -0.396 e. The number of anilines is 2. The van der Waals surface area contributed by atoms with Crippen LogP contribution < -0.4 is 15.8 Å². The van der Waals surface area contributed by atoms with Gasteiger partial charge in [0, 0.05) is 19.3 Å². The number of hydrogen-bond acceptors (Lipinski definition) is 5. The summed E-state index contributed by atoms with van der Waals surface area (Å²) in [6, 6.07) is 3.45. The van der Waals surface area contributed by atoms with Gasteiger partial charge in [0.1, 0.15) is 5.82 Å². The first-order chi connectivity index (χ1) is 6.99. The third-order valence-electron chi connectivity index (χ3n) is 1.62. The number of rotatable bonds is 5. The number of aromatic nitrogens is 1. The van der Waals surface area contributed by atoms with Crippen molar-refractivity contribution in [1.29, 1.82) is 0 Å². The second kappa shape index (κ2) is 4.94. The van der Waals surface area contributed by atoms with Crippen LogP contribution in [0.15, 0.2) is 18.3 Å². The lowest BCUT2D eigenvalue weighted by Gasteiger charge is -2.07. The minimum atomic E-state index is -3.13. The van der Waals surface area contributed by atoms with E-state index in [0.717, 1.165) is 6.26 Å². The van der Waals surface area contributed by atoms with Gasteiger partial charge in [-0.15, -0.1) is 0 Å². The van der Waals surface area contributed by atoms with Gasteiger partial charge in [-0.25, -0.2) is 18.1 Å². The average Bonchev–Trinajstić information content (AvgIpc) is 2.13. The first kappa shape index (κ1) is 11.7. The molecule has 0 bridgehead atoms. The highest BCUT2D eigenvalue weighted by Crippen LogP contribution is 2.11. The Morgan fingerprint density at radius 2 is 2.20 bits per heavy atom. The third kappa shape index (κ3) is 4.61. The van der Waals surface area contributed by atoms with Crippen molar-refractivity contribution >= 4 is 21.5 Å². The number of pyridine rings is 1. The van der Waals surface area contributed by atoms with Gasteiger partial charge in [0.15, 0.2) is 0 Å². The van der Waals surface area contributed by atoms with E-state index in [2.05, 4.69) is 15.0 Å². The Morgan fingerprint density at radius 3 is 2.80 bits per heavy atom. The van der Waals surface area contributed by atoms with Gasteiger partial charge in [-0.2, -0.15) is 0 Å². The highest BCUT2D eigenvalue weighted by molar-refractivity contribution is 7.88. The van der Waals surface area contributed by atoms with Crippen LogP contribution in [-0.2, 0) is 10.0 Å². The first-order valence-electron chi connectivity index (χ1n) is 4.38. The van der Waals surface area contributed by atoms with Crippen molar-refractivity contribution in [3.8, 4) is 0 Å². The lowest BCUT2D eigenvalue weighted by molar-refractivity contribution is 0.589. The summed E-state index contributed by atoms with van der Waals surface area (Å²) < 4.78 is 23.8. The molecule has 0 saturated heterocycles. The SMILES string of the molecule is CS(=O)(=O)NCCNc1ncccc1N. The zero-order chi connectivity index (χ0) is 11.3. The summed E-state index contributed by atoms with van der Waals surface area (Å²) in [5.74, 6) is 0.563. The molecule has 7 heteroatoms. The highest BCUT2D eigenvalue weighted by Gasteiger charge is 2.00. The molecule has 0 atom stereocenters. The number of nitrogens with one attached hydrogen (secondary N) is 2. The molecule has 1 rings (SSSR count). The molecule has 6 nitrogen and oxygen atoms in total. The zero-order valence-electron chi connectivity index (χ0n) is 8.40. The molecule has 0 saturated carbocycles. The van der Waals surface area contributed by atoms with Gasteiger partial charge in [-0.3, -0.25) is 0 Å². The lowest BCUT2D eigenvalue weighted by Crippen LogP contribution is -2.27. The average molecular weight is 230 g/mol. The molecular formula is C8H14N4O2S. The summed E-state index contributed by atoms with van der Waals surface area (Å²) >= 11 is 0. The summed E-state index contributed by atoms with van der Waals surface area (Å²) in [5, 5.41) is 2.92. The summed E-state index contributed by atoms with van der Waals surface area (Å²) in [6.07, 6.45) is 2.73. The Hall–Kier alpha value is -1.34. The van der Waals surface area contributed by atoms with Crippen molar-refractivity contribution in [2.45, 2.75) is 0 Å². The molecule has 0 spiro atoms. The standard InChI is InChI=1S/C8H14N4O2S/c1-15(13,14)12-6-5-11-8-7(9)3-2-4-10-8/h2-4,12H,5-6,9H2,1H3,(H,10,11). The molecule has 4 N–H and O–H groups in total. The predicted octanol–water partition coefficient (Wildman–Crippen LogP) is -0.375. The molecule has 0 fully saturated rings. The largest absolute Gasteiger partial charge is 0.396 e. The molecule has 1 heterocycles. The van der Waals surface area contributed by atoms with Crippen LogP contribution in [0.3, 0.4) is 0 Å². The number of sulfonamides is 1. The van der Waals surface area contributed by atoms with Crippen molar-refractivity contribution in [2.24, 2.45) is 0 Å². The molecule has 0 aliphatic carbocycles. The Morgan fingerprint density at radius 1 is 1.47 bits per heavy atom. The number of nitrogen functional groups attached to an aromatic ring is 1. The molecule has 0 aliphatic rings. The van der Waals surface area contributed by atoms with Crippen molar-refractivity contribution in [1.82, 2.24) is 9.71 Å². The van der Waals surface area contributed by atoms with Gasteiger partial charge in [-0.1, -0.05) is 0 Å². The Kier molecular flexibility index (Phi) is 3.87. The van der Waals surface area contributed by atoms with Gasteiger partial charge in [-0.05, 0) is 12.1 Å². The van der Waals surface area contributed by atoms with Gasteiger partial charge < -0.3 is 11.1 Å². The van der Waals surface area contributed by atoms with Crippen LogP contribution in [0.1, 0.15) is 0 Å². The molecular weight excluding hydrogens is 216 g/mol. The van der Waals surface area contributed by atoms with Crippen LogP contribution in [-0.4, -0.2) is 32.7 Å². The van der Waals surface area contributed by atoms with E-state index in [1.54, 1.807) is 18.3 Å². The predicted molar refractivity (Wildman–Crippen MR) is 60.0 cm³/mol. The zero-order valence-corrected chi connectivity index (χ0v) is 9.21. The maximum absolute atomic E-state index is 10.7. The number of hydrogen-bond donors (Lipinski definition) is 3. The van der Waals surface area contributed by atoms with E-state index in [9.17, 15) is 8.42 Å². The van der Waals surface area contributed by atoms with Crippen molar-refractivity contribution in [3.63, 3.8) is 0 Å². The minimum absolute atomic E-state index is 0.300. The van der Waals surface area contributed by atoms with Crippen molar-refractivity contribution in [2.75, 3.05) is 30.4 Å². The van der Waals surface area contributed by atoms with E-state index >= 15 is 0 Å². The Labute approximate surface area is 88.9 Å². The van der Waals surface area contributed by atoms with Crippen molar-refractivity contribution < 1.29 is 8.42 Å². The fourth-order valence-corrected chi connectivity index (χ4v) is 1.46. The molecule has 15 heavy (non-hydrogen) atoms. The van der Waals surface area contributed by atoms with E-state index in [0.29, 0.717) is 24.6 Å². The molecule has 0 amide bonds. The molecule has 0 aliphatic heterocycles. The van der Waals surface area contributed by atoms with Gasteiger partial charge in [0.2, 0.25) is 10.0 Å². The van der Waals surface area contributed by atoms with E-state index in [4.69, 9.17) is 5.73 Å². The van der Waals surface area contributed by atoms with Crippen LogP contribution in [0.25, 0.3) is 0 Å². The molecule has 0 radical (unpaired) electrons. The molecule has 0 unspecified atom stereocenters. The van der Waals surface area contributed by atoms with Crippen LogP contribution in [0.4, 0.5) is 11.5 Å². The van der Waals surface area contributed by atoms with Gasteiger partial charge in [0.05, 0.1) is 11.9 Å². The summed E-state index contributed by atoms with van der Waals surface area (Å²) in [5.41, 5.74) is 6.16. The van der Waals surface area contributed by atoms with Crippen LogP contribution in [0.2, 0.25) is 0 Å². The molecule has 84 valence electrons. The second-order valence-electron chi connectivity index (χ2n) is 3.03. The quantitative estimate of drug-likeness (QED) is 0.599. The summed E-state index contributed by atoms with van der Waals surface area (Å²) in [6.45, 7) is 0.739. The number of nitrogens with zero attached hydrogens (tertiary/aromatic N) is 1. The van der Waals surface area contributed by atoms with Gasteiger partial charge in [0.25, 0.3) is 0 Å². The molecule has 1 aromatic rings. The summed E-state index contributed by atoms with van der Waals surface area (Å²) in [7, 11) is -3.13.